The maximum atomic E-state index is 12.7. The number of carbonyl (C=O) groups excluding carboxylic acids is 2. The van der Waals surface area contributed by atoms with Crippen molar-refractivity contribution in [3.05, 3.63) is 53.6 Å². The molecule has 1 heterocycles. The summed E-state index contributed by atoms with van der Waals surface area (Å²) in [4.78, 5) is 24.0. The highest BCUT2D eigenvalue weighted by Gasteiger charge is 2.31. The molecule has 124 valence electrons. The molecule has 3 rings (SSSR count). The second-order valence-electron chi connectivity index (χ2n) is 6.28. The summed E-state index contributed by atoms with van der Waals surface area (Å²) >= 11 is 0. The van der Waals surface area contributed by atoms with E-state index in [0.717, 1.165) is 5.56 Å². The van der Waals surface area contributed by atoms with Gasteiger partial charge in [-0.2, -0.15) is 0 Å². The van der Waals surface area contributed by atoms with Gasteiger partial charge in [-0.15, -0.1) is 0 Å². The average Bonchev–Trinajstić information content (AvgIpc) is 3.02. The molecule has 0 saturated carbocycles. The summed E-state index contributed by atoms with van der Waals surface area (Å²) in [6, 6.07) is 12.4. The van der Waals surface area contributed by atoms with Crippen LogP contribution in [-0.4, -0.2) is 18.5 Å². The highest BCUT2D eigenvalue weighted by Crippen LogP contribution is 2.36. The summed E-state index contributed by atoms with van der Waals surface area (Å²) in [7, 11) is 0. The van der Waals surface area contributed by atoms with Gasteiger partial charge in [0.2, 0.25) is 12.7 Å². The Labute approximate surface area is 140 Å². The molecule has 2 aromatic rings. The summed E-state index contributed by atoms with van der Waals surface area (Å²) in [5.41, 5.74) is 1.35. The number of benzene rings is 2. The van der Waals surface area contributed by atoms with Crippen LogP contribution in [0.1, 0.15) is 36.7 Å². The standard InChI is InChI=1S/C19H19NO4/c1-12(21)13-4-7-15(8-5-13)20-18(22)19(2,3)14-6-9-16-17(10-14)24-11-23-16/h4-10H,11H2,1-3H3,(H,20,22). The van der Waals surface area contributed by atoms with E-state index in [0.29, 0.717) is 22.7 Å². The zero-order chi connectivity index (χ0) is 17.3. The first-order chi connectivity index (χ1) is 11.4. The van der Waals surface area contributed by atoms with Gasteiger partial charge in [-0.05, 0) is 62.7 Å². The Morgan fingerprint density at radius 1 is 1.00 bits per heavy atom. The molecule has 1 aliphatic heterocycles. The van der Waals surface area contributed by atoms with E-state index < -0.39 is 5.41 Å². The molecule has 1 N–H and O–H groups in total. The fraction of sp³-hybridized carbons (Fsp3) is 0.263. The molecule has 5 heteroatoms. The molecule has 5 nitrogen and oxygen atoms in total. The van der Waals surface area contributed by atoms with Crippen LogP contribution in [0.15, 0.2) is 42.5 Å². The van der Waals surface area contributed by atoms with Gasteiger partial charge in [0.1, 0.15) is 0 Å². The summed E-state index contributed by atoms with van der Waals surface area (Å²) in [6.45, 7) is 5.41. The van der Waals surface area contributed by atoms with Crippen LogP contribution in [0.25, 0.3) is 0 Å². The lowest BCUT2D eigenvalue weighted by molar-refractivity contribution is -0.120. The number of hydrogen-bond donors (Lipinski definition) is 1. The van der Waals surface area contributed by atoms with Gasteiger partial charge < -0.3 is 14.8 Å². The molecule has 0 spiro atoms. The Morgan fingerprint density at radius 2 is 1.67 bits per heavy atom. The molecule has 1 amide bonds. The van der Waals surface area contributed by atoms with Crippen LogP contribution in [0.2, 0.25) is 0 Å². The van der Waals surface area contributed by atoms with Crippen molar-refractivity contribution in [3.63, 3.8) is 0 Å². The first kappa shape index (κ1) is 16.1. The van der Waals surface area contributed by atoms with Crippen LogP contribution in [-0.2, 0) is 10.2 Å². The summed E-state index contributed by atoms with van der Waals surface area (Å²) in [5, 5.41) is 2.89. The minimum Gasteiger partial charge on any atom is -0.454 e. The smallest absolute Gasteiger partial charge is 0.234 e. The predicted molar refractivity (Wildman–Crippen MR) is 90.7 cm³/mol. The van der Waals surface area contributed by atoms with Gasteiger partial charge in [0.15, 0.2) is 17.3 Å². The minimum absolute atomic E-state index is 0.00596. The van der Waals surface area contributed by atoms with Gasteiger partial charge in [-0.1, -0.05) is 6.07 Å². The van der Waals surface area contributed by atoms with Gasteiger partial charge in [0.05, 0.1) is 5.41 Å². The zero-order valence-corrected chi connectivity index (χ0v) is 13.9. The Balaban J connectivity index is 1.79. The van der Waals surface area contributed by atoms with Gasteiger partial charge in [0, 0.05) is 11.3 Å². The molecule has 0 atom stereocenters. The van der Waals surface area contributed by atoms with E-state index >= 15 is 0 Å². The molecule has 0 unspecified atom stereocenters. The molecule has 0 aromatic heterocycles. The number of amides is 1. The number of anilines is 1. The molecular formula is C19H19NO4. The molecule has 0 bridgehead atoms. The van der Waals surface area contributed by atoms with Crippen LogP contribution < -0.4 is 14.8 Å². The second kappa shape index (κ2) is 6.00. The van der Waals surface area contributed by atoms with Crippen molar-refractivity contribution < 1.29 is 19.1 Å². The van der Waals surface area contributed by atoms with Crippen molar-refractivity contribution in [2.75, 3.05) is 12.1 Å². The van der Waals surface area contributed by atoms with Crippen molar-refractivity contribution in [2.24, 2.45) is 0 Å². The Bertz CT molecular complexity index is 794. The Morgan fingerprint density at radius 3 is 2.33 bits per heavy atom. The van der Waals surface area contributed by atoms with Crippen molar-refractivity contribution in [3.8, 4) is 11.5 Å². The lowest BCUT2D eigenvalue weighted by atomic mass is 9.83. The highest BCUT2D eigenvalue weighted by molar-refractivity contribution is 5.99. The molecule has 0 saturated heterocycles. The highest BCUT2D eigenvalue weighted by atomic mass is 16.7. The first-order valence-electron chi connectivity index (χ1n) is 7.70. The Hall–Kier alpha value is -2.82. The van der Waals surface area contributed by atoms with Gasteiger partial charge in [-0.3, -0.25) is 9.59 Å². The van der Waals surface area contributed by atoms with E-state index in [1.807, 2.05) is 32.0 Å². The lowest BCUT2D eigenvalue weighted by Crippen LogP contribution is -2.34. The van der Waals surface area contributed by atoms with E-state index in [2.05, 4.69) is 5.32 Å². The first-order valence-corrected chi connectivity index (χ1v) is 7.70. The van der Waals surface area contributed by atoms with Crippen molar-refractivity contribution in [2.45, 2.75) is 26.2 Å². The van der Waals surface area contributed by atoms with Crippen LogP contribution in [0.3, 0.4) is 0 Å². The number of fused-ring (bicyclic) bond motifs is 1. The van der Waals surface area contributed by atoms with Crippen LogP contribution in [0.4, 0.5) is 5.69 Å². The molecule has 0 radical (unpaired) electrons. The molecule has 0 fully saturated rings. The number of rotatable bonds is 4. The average molecular weight is 325 g/mol. The fourth-order valence-electron chi connectivity index (χ4n) is 2.49. The molecular weight excluding hydrogens is 306 g/mol. The van der Waals surface area contributed by atoms with E-state index in [-0.39, 0.29) is 18.5 Å². The number of ether oxygens (including phenoxy) is 2. The largest absolute Gasteiger partial charge is 0.454 e. The summed E-state index contributed by atoms with van der Waals surface area (Å²) < 4.78 is 10.7. The molecule has 2 aromatic carbocycles. The fourth-order valence-corrected chi connectivity index (χ4v) is 2.49. The monoisotopic (exact) mass is 325 g/mol. The molecule has 1 aliphatic rings. The maximum Gasteiger partial charge on any atom is 0.234 e. The van der Waals surface area contributed by atoms with Crippen LogP contribution in [0, 0.1) is 0 Å². The zero-order valence-electron chi connectivity index (χ0n) is 13.9. The van der Waals surface area contributed by atoms with Crippen LogP contribution >= 0.6 is 0 Å². The van der Waals surface area contributed by atoms with E-state index in [9.17, 15) is 9.59 Å². The number of Topliss-reactive ketones (excluding diaryl/α,β-unsaturated/α-hetero) is 1. The summed E-state index contributed by atoms with van der Waals surface area (Å²) in [6.07, 6.45) is 0. The van der Waals surface area contributed by atoms with E-state index in [4.69, 9.17) is 9.47 Å². The quantitative estimate of drug-likeness (QED) is 0.873. The topological polar surface area (TPSA) is 64.6 Å². The maximum absolute atomic E-state index is 12.7. The molecule has 24 heavy (non-hydrogen) atoms. The van der Waals surface area contributed by atoms with Crippen molar-refractivity contribution >= 4 is 17.4 Å². The van der Waals surface area contributed by atoms with Crippen LogP contribution in [0.5, 0.6) is 11.5 Å². The minimum atomic E-state index is -0.750. The van der Waals surface area contributed by atoms with Crippen molar-refractivity contribution in [1.29, 1.82) is 0 Å². The number of ketones is 1. The van der Waals surface area contributed by atoms with Gasteiger partial charge in [-0.25, -0.2) is 0 Å². The van der Waals surface area contributed by atoms with Gasteiger partial charge in [0.25, 0.3) is 0 Å². The Kier molecular flexibility index (Phi) is 4.01. The normalized spacial score (nSPS) is 12.8. The summed E-state index contributed by atoms with van der Waals surface area (Å²) in [5.74, 6) is 1.19. The molecule has 0 aliphatic carbocycles. The van der Waals surface area contributed by atoms with Gasteiger partial charge >= 0.3 is 0 Å². The lowest BCUT2D eigenvalue weighted by Gasteiger charge is -2.24. The number of carbonyl (C=O) groups is 2. The second-order valence-corrected chi connectivity index (χ2v) is 6.28. The number of hydrogen-bond acceptors (Lipinski definition) is 4. The SMILES string of the molecule is CC(=O)c1ccc(NC(=O)C(C)(C)c2ccc3c(c2)OCO3)cc1. The van der Waals surface area contributed by atoms with E-state index in [1.165, 1.54) is 6.92 Å². The third-order valence-corrected chi connectivity index (χ3v) is 4.21. The predicted octanol–water partition coefficient (Wildman–Crippen LogP) is 3.53. The third kappa shape index (κ3) is 2.97. The van der Waals surface area contributed by atoms with Crippen molar-refractivity contribution in [1.82, 2.24) is 0 Å². The van der Waals surface area contributed by atoms with E-state index in [1.54, 1.807) is 24.3 Å². The third-order valence-electron chi connectivity index (χ3n) is 4.21. The number of nitrogens with one attached hydrogen (secondary N) is 1.